The second kappa shape index (κ2) is 24.7. The van der Waals surface area contributed by atoms with E-state index in [9.17, 15) is 66.4 Å². The van der Waals surface area contributed by atoms with Gasteiger partial charge in [0, 0.05) is 18.9 Å². The van der Waals surface area contributed by atoms with E-state index >= 15 is 19.2 Å². The number of methoxy groups -OCH3 is 2. The lowest BCUT2D eigenvalue weighted by molar-refractivity contribution is -0.302. The average Bonchev–Trinajstić information content (AvgIpc) is 0.673. The third-order valence-electron chi connectivity index (χ3n) is 31.8. The highest BCUT2D eigenvalue weighted by atomic mass is 16.7. The fourth-order valence-corrected chi connectivity index (χ4v) is 25.5. The summed E-state index contributed by atoms with van der Waals surface area (Å²) in [5.74, 6) is -7.43. The third kappa shape index (κ3) is 9.69. The van der Waals surface area contributed by atoms with Crippen molar-refractivity contribution in [1.29, 1.82) is 0 Å². The molecular weight excluding hydrogens is 1270 g/mol. The van der Waals surface area contributed by atoms with Crippen molar-refractivity contribution in [2.75, 3.05) is 34.0 Å². The number of aliphatic hydroxyl groups excluding tert-OH is 11. The van der Waals surface area contributed by atoms with Gasteiger partial charge in [0.05, 0.1) is 72.7 Å². The number of ether oxygens (including phenoxy) is 7. The smallest absolute Gasteiger partial charge is 0.318 e. The molecule has 12 rings (SSSR count). The molecule has 2 heterocycles. The van der Waals surface area contributed by atoms with Crippen molar-refractivity contribution >= 4 is 23.9 Å². The summed E-state index contributed by atoms with van der Waals surface area (Å²) in [7, 11) is 2.48. The molecule has 0 radical (unpaired) electrons. The van der Waals surface area contributed by atoms with Crippen LogP contribution in [0.5, 0.6) is 0 Å². The molecule has 0 aromatic heterocycles. The van der Waals surface area contributed by atoms with Gasteiger partial charge in [0.25, 0.3) is 0 Å². The van der Waals surface area contributed by atoms with Crippen LogP contribution in [-0.2, 0) is 52.3 Å². The minimum Gasteiger partial charge on any atom is -0.468 e. The molecule has 0 spiro atoms. The molecule has 0 unspecified atom stereocenters. The standard InChI is InChI=1S/C74H114O24/c1-35-18-24-72(60(87)97-57-50(83)49(82)47(80)41(32-75)94-57)28-27-66(6)38(53(72)70(35,10)90)15-17-44-64(4)31-40(79)56(74(34-77,62(89)93-13)46(64)21-23-68(44,66)8)96-59(86)69(9)45-20-22-67(7)43(63(45,3)30-39(78)55(69)85)16-14-37-54-71(11,91)36(2)19-25-73(54,29-26-65(37,67)5)61(88)98-58-51(84)52(92-12)48(81)42(33-76)95-58/h14-15,35-36,39-58,75-85,90-91H,16-34H2,1-13H3/t35-,36-,39-,40-,41-,42-,43-,44-,45-,46-,47-,48-,49+,50-,51-,52+,53-,54-,55+,56-,57+,58+,63-,64-,65-,66-,67-,68-,69+,70-,71-,72+,73+,74-/m1/s1. The Morgan fingerprint density at radius 2 is 0.949 bits per heavy atom. The lowest BCUT2D eigenvalue weighted by Gasteiger charge is -2.72. The number of carbonyl (C=O) groups is 4. The second-order valence-corrected chi connectivity index (χ2v) is 35.3. The molecule has 10 aliphatic carbocycles. The summed E-state index contributed by atoms with van der Waals surface area (Å²) in [6.07, 6.45) is -12.2. The summed E-state index contributed by atoms with van der Waals surface area (Å²) in [6.45, 7) is 19.6. The molecule has 0 bridgehead atoms. The van der Waals surface area contributed by atoms with Crippen molar-refractivity contribution in [1.82, 2.24) is 0 Å². The first-order valence-electron chi connectivity index (χ1n) is 36.3. The number of hydrogen-bond acceptors (Lipinski definition) is 24. The van der Waals surface area contributed by atoms with Gasteiger partial charge in [-0.15, -0.1) is 0 Å². The molecule has 0 aromatic carbocycles. The third-order valence-corrected chi connectivity index (χ3v) is 31.8. The Hall–Kier alpha value is -3.28. The molecular formula is C74H114O24. The van der Waals surface area contributed by atoms with Gasteiger partial charge in [0.15, 0.2) is 0 Å². The zero-order chi connectivity index (χ0) is 72.0. The van der Waals surface area contributed by atoms with E-state index in [1.165, 1.54) is 14.2 Å². The van der Waals surface area contributed by atoms with Crippen LogP contribution in [0.1, 0.15) is 179 Å². The molecule has 8 saturated carbocycles. The SMILES string of the molecule is COC(=O)[C@@]1(CO)[C@H](OC(=O)[C@@]2(C)[C@@H]3CC[C@]4(C)[C@H](CC=C5[C@H]6[C@](C(=O)O[C@@H]7O[C@H](CO)[C@@H](O)[C@H](OC)[C@H]7O)(CC[C@@H](C)[C@@]6(C)O)CC[C@]54C)[C@@]3(C)C[C@@H](O)[C@@H]2O)[C@H](O)C[C@@]2(C)[C@H]1CC[C@]1(C)[C@@H]2CC=C2[C@H]3[C@](C(=O)O[C@@H]4O[C@H](CO)[C@@H](O)[C@H](O)[C@H]4O)(CC[C@@H](C)[C@@]3(C)O)CC[C@]21C. The largest absolute Gasteiger partial charge is 0.468 e. The van der Waals surface area contributed by atoms with Crippen molar-refractivity contribution in [3.05, 3.63) is 23.3 Å². The monoisotopic (exact) mass is 1390 g/mol. The fourth-order valence-electron chi connectivity index (χ4n) is 25.5. The highest BCUT2D eigenvalue weighted by Gasteiger charge is 2.78. The van der Waals surface area contributed by atoms with E-state index in [1.807, 2.05) is 20.8 Å². The van der Waals surface area contributed by atoms with Crippen LogP contribution in [0.25, 0.3) is 0 Å². The molecule has 13 N–H and O–H groups in total. The van der Waals surface area contributed by atoms with Crippen LogP contribution in [-0.4, -0.2) is 221 Å². The van der Waals surface area contributed by atoms with Crippen molar-refractivity contribution in [2.45, 2.75) is 276 Å². The Bertz CT molecular complexity index is 3170. The lowest BCUT2D eigenvalue weighted by atomic mass is 9.32. The van der Waals surface area contributed by atoms with Crippen LogP contribution >= 0.6 is 0 Å². The Balaban J connectivity index is 0.842. The molecule has 10 fully saturated rings. The lowest BCUT2D eigenvalue weighted by Crippen LogP contribution is -2.73. The second-order valence-electron chi connectivity index (χ2n) is 35.3. The minimum absolute atomic E-state index is 0.00268. The summed E-state index contributed by atoms with van der Waals surface area (Å²) in [5.41, 5.74) is -12.3. The summed E-state index contributed by atoms with van der Waals surface area (Å²) in [5, 5.41) is 150. The average molecular weight is 1390 g/mol. The Morgan fingerprint density at radius 1 is 0.500 bits per heavy atom. The molecule has 98 heavy (non-hydrogen) atoms. The van der Waals surface area contributed by atoms with Gasteiger partial charge in [-0.1, -0.05) is 78.7 Å². The maximum absolute atomic E-state index is 16.0. The molecule has 24 heteroatoms. The summed E-state index contributed by atoms with van der Waals surface area (Å²) in [6, 6.07) is 0. The molecule has 0 amide bonds. The van der Waals surface area contributed by atoms with Gasteiger partial charge in [0.2, 0.25) is 12.6 Å². The summed E-state index contributed by atoms with van der Waals surface area (Å²) in [4.78, 5) is 61.4. The first-order chi connectivity index (χ1) is 45.7. The van der Waals surface area contributed by atoms with Crippen LogP contribution in [0, 0.1) is 101 Å². The van der Waals surface area contributed by atoms with E-state index in [0.29, 0.717) is 70.6 Å². The van der Waals surface area contributed by atoms with E-state index < -0.39 is 219 Å². The highest BCUT2D eigenvalue weighted by molar-refractivity contribution is 5.83. The van der Waals surface area contributed by atoms with Crippen LogP contribution in [0.3, 0.4) is 0 Å². The number of esters is 4. The first kappa shape index (κ1) is 74.4. The minimum atomic E-state index is -2.05. The van der Waals surface area contributed by atoms with E-state index in [2.05, 4.69) is 46.8 Å². The maximum atomic E-state index is 16.0. The predicted octanol–water partition coefficient (Wildman–Crippen LogP) is 3.19. The van der Waals surface area contributed by atoms with Gasteiger partial charge < -0.3 is 99.5 Å². The van der Waals surface area contributed by atoms with E-state index in [0.717, 1.165) is 11.1 Å². The molecule has 12 aliphatic rings. The molecule has 2 aliphatic heterocycles. The zero-order valence-corrected chi connectivity index (χ0v) is 59.6. The van der Waals surface area contributed by atoms with Crippen LogP contribution in [0.2, 0.25) is 0 Å². The number of rotatable bonds is 11. The van der Waals surface area contributed by atoms with Crippen molar-refractivity contribution in [3.63, 3.8) is 0 Å². The maximum Gasteiger partial charge on any atom is 0.318 e. The van der Waals surface area contributed by atoms with Gasteiger partial charge in [0.1, 0.15) is 60.4 Å². The van der Waals surface area contributed by atoms with Crippen molar-refractivity contribution in [2.24, 2.45) is 101 Å². The quantitative estimate of drug-likeness (QED) is 0.0802. The Morgan fingerprint density at radius 3 is 1.41 bits per heavy atom. The number of hydrogen-bond donors (Lipinski definition) is 13. The Kier molecular flexibility index (Phi) is 18.7. The Labute approximate surface area is 575 Å². The van der Waals surface area contributed by atoms with Crippen LogP contribution < -0.4 is 0 Å². The summed E-state index contributed by atoms with van der Waals surface area (Å²) < 4.78 is 41.4. The van der Waals surface area contributed by atoms with Crippen molar-refractivity contribution in [3.8, 4) is 0 Å². The normalized spacial score (nSPS) is 55.7. The number of carbonyl (C=O) groups excluding carboxylic acids is 4. The fraction of sp³-hybridized carbons (Fsp3) is 0.892. The van der Waals surface area contributed by atoms with Gasteiger partial charge in [-0.3, -0.25) is 19.2 Å². The van der Waals surface area contributed by atoms with E-state index in [-0.39, 0.29) is 55.8 Å². The van der Waals surface area contributed by atoms with Gasteiger partial charge in [-0.25, -0.2) is 0 Å². The predicted molar refractivity (Wildman–Crippen MR) is 346 cm³/mol. The number of fused-ring (bicyclic) bond motifs is 14. The molecule has 2 saturated heterocycles. The molecule has 0 aromatic rings. The topological polar surface area (TPSA) is 396 Å². The van der Waals surface area contributed by atoms with Gasteiger partial charge >= 0.3 is 23.9 Å². The molecule has 34 atom stereocenters. The summed E-state index contributed by atoms with van der Waals surface area (Å²) >= 11 is 0. The highest BCUT2D eigenvalue weighted by Crippen LogP contribution is 2.79. The van der Waals surface area contributed by atoms with Gasteiger partial charge in [-0.2, -0.15) is 0 Å². The van der Waals surface area contributed by atoms with E-state index in [4.69, 9.17) is 33.2 Å². The molecule has 24 nitrogen and oxygen atoms in total. The first-order valence-corrected chi connectivity index (χ1v) is 36.3. The zero-order valence-electron chi connectivity index (χ0n) is 59.6. The molecule has 554 valence electrons. The van der Waals surface area contributed by atoms with Crippen LogP contribution in [0.4, 0.5) is 0 Å². The van der Waals surface area contributed by atoms with E-state index in [1.54, 1.807) is 20.8 Å². The van der Waals surface area contributed by atoms with Crippen LogP contribution in [0.15, 0.2) is 23.3 Å². The van der Waals surface area contributed by atoms with Gasteiger partial charge in [-0.05, 0) is 192 Å². The van der Waals surface area contributed by atoms with Crippen molar-refractivity contribution < 1.29 is 119 Å². The number of allylic oxidation sites excluding steroid dienone is 2. The number of aliphatic hydroxyl groups is 13.